The van der Waals surface area contributed by atoms with Crippen molar-refractivity contribution in [3.8, 4) is 0 Å². The Hall–Kier alpha value is -1.85. The summed E-state index contributed by atoms with van der Waals surface area (Å²) >= 11 is 0.564. The van der Waals surface area contributed by atoms with E-state index in [0.717, 1.165) is 0 Å². The van der Waals surface area contributed by atoms with Crippen LogP contribution in [0.2, 0.25) is 0 Å². The minimum atomic E-state index is -6.64. The molecule has 0 atom stereocenters. The lowest BCUT2D eigenvalue weighted by Gasteiger charge is -2.26. The van der Waals surface area contributed by atoms with Crippen molar-refractivity contribution in [2.75, 3.05) is 5.32 Å². The number of thiophene rings is 1. The van der Waals surface area contributed by atoms with Crippen LogP contribution in [0.25, 0.3) is 0 Å². The lowest BCUT2D eigenvalue weighted by molar-refractivity contribution is -0.343. The first-order valence-electron chi connectivity index (χ1n) is 6.24. The lowest BCUT2D eigenvalue weighted by atomic mass is 10.1. The van der Waals surface area contributed by atoms with Crippen LogP contribution in [0.4, 0.5) is 35.7 Å². The Morgan fingerprint density at radius 3 is 2.00 bits per heavy atom. The number of alkyl halides is 7. The van der Waals surface area contributed by atoms with Crippen molar-refractivity contribution in [3.63, 3.8) is 0 Å². The summed E-state index contributed by atoms with van der Waals surface area (Å²) in [5, 5.41) is 0.643. The average molecular weight is 380 g/mol. The van der Waals surface area contributed by atoms with Crippen LogP contribution < -0.4 is 11.1 Å². The summed E-state index contributed by atoms with van der Waals surface area (Å²) < 4.78 is 88.5. The molecule has 136 valence electrons. The van der Waals surface area contributed by atoms with Gasteiger partial charge in [-0.1, -0.05) is 6.92 Å². The first-order chi connectivity index (χ1) is 10.7. The van der Waals surface area contributed by atoms with Gasteiger partial charge >= 0.3 is 23.9 Å². The van der Waals surface area contributed by atoms with Crippen LogP contribution in [0, 0.1) is 6.92 Å². The molecule has 12 heteroatoms. The zero-order chi connectivity index (χ0) is 19.1. The number of hydrogen-bond acceptors (Lipinski definition) is 3. The minimum Gasteiger partial charge on any atom is -0.365 e. The van der Waals surface area contributed by atoms with E-state index in [1.54, 1.807) is 6.92 Å². The van der Waals surface area contributed by atoms with Gasteiger partial charge in [-0.05, 0) is 18.9 Å². The second-order valence-electron chi connectivity index (χ2n) is 4.66. The molecule has 1 aromatic heterocycles. The molecule has 3 N–H and O–H groups in total. The first-order valence-corrected chi connectivity index (χ1v) is 7.06. The molecule has 0 aliphatic heterocycles. The molecule has 1 heterocycles. The Bertz CT molecular complexity index is 667. The molecule has 0 spiro atoms. The molecule has 0 fully saturated rings. The van der Waals surface area contributed by atoms with E-state index in [0.29, 0.717) is 16.2 Å². The predicted octanol–water partition coefficient (Wildman–Crippen LogP) is 3.49. The summed E-state index contributed by atoms with van der Waals surface area (Å²) in [6.07, 6.45) is -6.44. The SMILES string of the molecule is CCc1c(C)sc(NC(=O)C(F)(F)C(F)(F)C(F)(F)F)c1C(N)=O. The molecular formula is C12H11F7N2O2S. The van der Waals surface area contributed by atoms with Crippen molar-refractivity contribution in [2.24, 2.45) is 5.73 Å². The van der Waals surface area contributed by atoms with Crippen LogP contribution in [-0.4, -0.2) is 29.8 Å². The number of nitrogens with one attached hydrogen (secondary N) is 1. The van der Waals surface area contributed by atoms with Crippen LogP contribution in [0.1, 0.15) is 27.7 Å². The lowest BCUT2D eigenvalue weighted by Crippen LogP contribution is -2.57. The van der Waals surface area contributed by atoms with E-state index in [1.807, 2.05) is 0 Å². The van der Waals surface area contributed by atoms with Gasteiger partial charge in [0.25, 0.3) is 5.91 Å². The second kappa shape index (κ2) is 6.22. The highest BCUT2D eigenvalue weighted by atomic mass is 32.1. The molecule has 0 saturated heterocycles. The third-order valence-corrected chi connectivity index (χ3v) is 4.13. The molecular weight excluding hydrogens is 369 g/mol. The van der Waals surface area contributed by atoms with Gasteiger partial charge in [-0.25, -0.2) is 0 Å². The molecule has 1 rings (SSSR count). The highest BCUT2D eigenvalue weighted by Crippen LogP contribution is 2.47. The van der Waals surface area contributed by atoms with Gasteiger partial charge in [-0.2, -0.15) is 30.7 Å². The fraction of sp³-hybridized carbons (Fsp3) is 0.500. The summed E-state index contributed by atoms with van der Waals surface area (Å²) in [6.45, 7) is 3.01. The number of carbonyl (C=O) groups excluding carboxylic acids is 2. The quantitative estimate of drug-likeness (QED) is 0.768. The third kappa shape index (κ3) is 3.19. The van der Waals surface area contributed by atoms with Crippen molar-refractivity contribution >= 4 is 28.2 Å². The predicted molar refractivity (Wildman–Crippen MR) is 71.5 cm³/mol. The molecule has 2 amide bonds. The number of hydrogen-bond donors (Lipinski definition) is 2. The van der Waals surface area contributed by atoms with E-state index in [2.05, 4.69) is 0 Å². The highest BCUT2D eigenvalue weighted by molar-refractivity contribution is 7.16. The fourth-order valence-corrected chi connectivity index (χ4v) is 3.00. The van der Waals surface area contributed by atoms with Crippen molar-refractivity contribution < 1.29 is 40.3 Å². The van der Waals surface area contributed by atoms with Crippen molar-refractivity contribution in [2.45, 2.75) is 38.3 Å². The number of carbonyl (C=O) groups is 2. The Kier molecular flexibility index (Phi) is 5.24. The highest BCUT2D eigenvalue weighted by Gasteiger charge is 2.76. The minimum absolute atomic E-state index is 0.200. The van der Waals surface area contributed by atoms with Crippen LogP contribution in [0.15, 0.2) is 0 Å². The maximum absolute atomic E-state index is 13.3. The van der Waals surface area contributed by atoms with Gasteiger partial charge in [0.2, 0.25) is 0 Å². The second-order valence-corrected chi connectivity index (χ2v) is 5.88. The van der Waals surface area contributed by atoms with E-state index in [1.165, 1.54) is 12.2 Å². The summed E-state index contributed by atoms with van der Waals surface area (Å²) in [5.41, 5.74) is 4.91. The summed E-state index contributed by atoms with van der Waals surface area (Å²) in [5.74, 6) is -16.7. The molecule has 4 nitrogen and oxygen atoms in total. The Morgan fingerprint density at radius 1 is 1.12 bits per heavy atom. The zero-order valence-corrected chi connectivity index (χ0v) is 13.0. The van der Waals surface area contributed by atoms with E-state index in [-0.39, 0.29) is 12.0 Å². The number of primary amides is 1. The topological polar surface area (TPSA) is 72.2 Å². The van der Waals surface area contributed by atoms with Crippen molar-refractivity contribution in [3.05, 3.63) is 16.0 Å². The normalized spacial score (nSPS) is 13.0. The molecule has 0 aliphatic carbocycles. The fourth-order valence-electron chi connectivity index (χ4n) is 1.86. The number of aryl methyl sites for hydroxylation is 1. The molecule has 0 aliphatic rings. The van der Waals surface area contributed by atoms with Crippen LogP contribution in [0.3, 0.4) is 0 Å². The summed E-state index contributed by atoms with van der Waals surface area (Å²) in [4.78, 5) is 23.1. The molecule has 0 saturated carbocycles. The first kappa shape index (κ1) is 20.2. The Labute approximate surface area is 134 Å². The molecule has 24 heavy (non-hydrogen) atoms. The number of nitrogens with two attached hydrogens (primary N) is 1. The monoisotopic (exact) mass is 380 g/mol. The Morgan fingerprint density at radius 2 is 1.62 bits per heavy atom. The largest absolute Gasteiger partial charge is 0.460 e. The van der Waals surface area contributed by atoms with E-state index < -0.39 is 40.4 Å². The number of halogens is 7. The summed E-state index contributed by atoms with van der Waals surface area (Å²) in [6, 6.07) is 0. The molecule has 0 unspecified atom stereocenters. The maximum Gasteiger partial charge on any atom is 0.460 e. The average Bonchev–Trinajstić information content (AvgIpc) is 2.72. The Balaban J connectivity index is 3.28. The zero-order valence-electron chi connectivity index (χ0n) is 12.2. The van der Waals surface area contributed by atoms with E-state index >= 15 is 0 Å². The van der Waals surface area contributed by atoms with E-state index in [4.69, 9.17) is 5.73 Å². The van der Waals surface area contributed by atoms with Gasteiger partial charge in [0.1, 0.15) is 5.00 Å². The molecule has 1 aromatic rings. The summed E-state index contributed by atoms with van der Waals surface area (Å²) in [7, 11) is 0. The number of amides is 2. The van der Waals surface area contributed by atoms with Crippen LogP contribution in [-0.2, 0) is 11.2 Å². The van der Waals surface area contributed by atoms with E-state index in [9.17, 15) is 40.3 Å². The van der Waals surface area contributed by atoms with Gasteiger partial charge in [0, 0.05) is 4.88 Å². The number of anilines is 1. The molecule has 0 aromatic carbocycles. The van der Waals surface area contributed by atoms with Gasteiger partial charge < -0.3 is 11.1 Å². The van der Waals surface area contributed by atoms with Gasteiger partial charge in [-0.15, -0.1) is 11.3 Å². The van der Waals surface area contributed by atoms with Gasteiger partial charge in [0.15, 0.2) is 0 Å². The van der Waals surface area contributed by atoms with Gasteiger partial charge in [-0.3, -0.25) is 9.59 Å². The van der Waals surface area contributed by atoms with Crippen molar-refractivity contribution in [1.29, 1.82) is 0 Å². The van der Waals surface area contributed by atoms with Crippen LogP contribution in [0.5, 0.6) is 0 Å². The maximum atomic E-state index is 13.3. The van der Waals surface area contributed by atoms with Crippen molar-refractivity contribution in [1.82, 2.24) is 0 Å². The standard InChI is InChI=1S/C12H11F7N2O2S/c1-3-5-4(2)24-8(6(5)7(20)22)21-9(23)10(13,14)11(15,16)12(17,18)19/h3H2,1-2H3,(H2,20,22)(H,21,23). The molecule has 0 radical (unpaired) electrons. The smallest absolute Gasteiger partial charge is 0.365 e. The third-order valence-electron chi connectivity index (χ3n) is 3.07. The molecule has 0 bridgehead atoms. The number of rotatable bonds is 5. The van der Waals surface area contributed by atoms with Crippen LogP contribution >= 0.6 is 11.3 Å². The van der Waals surface area contributed by atoms with Gasteiger partial charge in [0.05, 0.1) is 5.56 Å².